The standard InChI is InChI=1S/C30H28N4O2/c1-21(2)27-17-25(22-9-5-3-6-10-22)26(18-31)29(32-27)34-15-14-33(30(35)24-13-16-36-20-24)19-28(34)23-11-7-4-8-12-23/h3-13,16-17,20-21,28H,14-15,19H2,1-2H3. The molecule has 1 aliphatic heterocycles. The summed E-state index contributed by atoms with van der Waals surface area (Å²) in [5.41, 5.74) is 4.98. The van der Waals surface area contributed by atoms with Gasteiger partial charge in [0.25, 0.3) is 5.91 Å². The Kier molecular flexibility index (Phi) is 6.55. The van der Waals surface area contributed by atoms with Gasteiger partial charge in [-0.05, 0) is 29.2 Å². The van der Waals surface area contributed by atoms with E-state index in [0.717, 1.165) is 22.4 Å². The minimum absolute atomic E-state index is 0.0568. The summed E-state index contributed by atoms with van der Waals surface area (Å²) in [5.74, 6) is 0.809. The zero-order valence-corrected chi connectivity index (χ0v) is 20.5. The van der Waals surface area contributed by atoms with Crippen LogP contribution in [-0.4, -0.2) is 35.4 Å². The van der Waals surface area contributed by atoms with Gasteiger partial charge in [0.15, 0.2) is 0 Å². The molecular formula is C30H28N4O2. The van der Waals surface area contributed by atoms with Gasteiger partial charge < -0.3 is 14.2 Å². The zero-order valence-electron chi connectivity index (χ0n) is 20.5. The summed E-state index contributed by atoms with van der Waals surface area (Å²) in [6.07, 6.45) is 3.00. The second-order valence-electron chi connectivity index (χ2n) is 9.31. The van der Waals surface area contributed by atoms with Crippen molar-refractivity contribution in [1.29, 1.82) is 5.26 Å². The number of hydrogen-bond donors (Lipinski definition) is 0. The molecule has 1 fully saturated rings. The molecule has 0 spiro atoms. The third kappa shape index (κ3) is 4.48. The Morgan fingerprint density at radius 1 is 1.06 bits per heavy atom. The number of rotatable bonds is 5. The molecule has 2 aromatic heterocycles. The number of aromatic nitrogens is 1. The number of pyridine rings is 1. The molecule has 1 saturated heterocycles. The highest BCUT2D eigenvalue weighted by molar-refractivity contribution is 5.94. The van der Waals surface area contributed by atoms with Gasteiger partial charge in [-0.3, -0.25) is 4.79 Å². The Hall–Kier alpha value is -4.37. The highest BCUT2D eigenvalue weighted by atomic mass is 16.3. The topological polar surface area (TPSA) is 73.4 Å². The van der Waals surface area contributed by atoms with Crippen LogP contribution in [0.2, 0.25) is 0 Å². The van der Waals surface area contributed by atoms with Gasteiger partial charge in [-0.2, -0.15) is 5.26 Å². The lowest BCUT2D eigenvalue weighted by Gasteiger charge is -2.43. The van der Waals surface area contributed by atoms with Crippen molar-refractivity contribution in [3.63, 3.8) is 0 Å². The lowest BCUT2D eigenvalue weighted by atomic mass is 9.95. The molecule has 36 heavy (non-hydrogen) atoms. The van der Waals surface area contributed by atoms with Crippen molar-refractivity contribution in [2.24, 2.45) is 0 Å². The summed E-state index contributed by atoms with van der Waals surface area (Å²) in [6, 6.07) is 26.2. The number of furan rings is 1. The molecule has 0 aliphatic carbocycles. The molecule has 3 heterocycles. The third-order valence-corrected chi connectivity index (χ3v) is 6.70. The Balaban J connectivity index is 1.62. The minimum Gasteiger partial charge on any atom is -0.472 e. The van der Waals surface area contributed by atoms with E-state index in [1.54, 1.807) is 6.07 Å². The number of piperazine rings is 1. The second kappa shape index (κ2) is 10.1. The van der Waals surface area contributed by atoms with Crippen LogP contribution in [0.3, 0.4) is 0 Å². The summed E-state index contributed by atoms with van der Waals surface area (Å²) < 4.78 is 5.15. The Morgan fingerprint density at radius 2 is 1.78 bits per heavy atom. The van der Waals surface area contributed by atoms with Gasteiger partial charge in [-0.25, -0.2) is 4.98 Å². The summed E-state index contributed by atoms with van der Waals surface area (Å²) in [7, 11) is 0. The zero-order chi connectivity index (χ0) is 25.1. The largest absolute Gasteiger partial charge is 0.472 e. The molecule has 6 nitrogen and oxygen atoms in total. The Morgan fingerprint density at radius 3 is 2.42 bits per heavy atom. The highest BCUT2D eigenvalue weighted by Gasteiger charge is 2.34. The molecule has 4 aromatic rings. The molecule has 0 N–H and O–H groups in total. The van der Waals surface area contributed by atoms with Crippen LogP contribution in [-0.2, 0) is 0 Å². The van der Waals surface area contributed by atoms with Crippen molar-refractivity contribution in [2.45, 2.75) is 25.8 Å². The van der Waals surface area contributed by atoms with Crippen molar-refractivity contribution in [3.8, 4) is 17.2 Å². The maximum Gasteiger partial charge on any atom is 0.257 e. The number of benzene rings is 2. The van der Waals surface area contributed by atoms with Crippen LogP contribution in [0.4, 0.5) is 5.82 Å². The highest BCUT2D eigenvalue weighted by Crippen LogP contribution is 2.37. The lowest BCUT2D eigenvalue weighted by molar-refractivity contribution is 0.0720. The van der Waals surface area contributed by atoms with Gasteiger partial charge in [0.05, 0.1) is 17.9 Å². The van der Waals surface area contributed by atoms with Crippen LogP contribution in [0.25, 0.3) is 11.1 Å². The predicted molar refractivity (Wildman–Crippen MR) is 140 cm³/mol. The fourth-order valence-electron chi connectivity index (χ4n) is 4.76. The smallest absolute Gasteiger partial charge is 0.257 e. The minimum atomic E-state index is -0.151. The summed E-state index contributed by atoms with van der Waals surface area (Å²) in [4.78, 5) is 22.3. The average molecular weight is 477 g/mol. The van der Waals surface area contributed by atoms with Crippen molar-refractivity contribution in [3.05, 3.63) is 108 Å². The number of hydrogen-bond acceptors (Lipinski definition) is 5. The van der Waals surface area contributed by atoms with Gasteiger partial charge in [0, 0.05) is 30.9 Å². The van der Waals surface area contributed by atoms with Crippen LogP contribution in [0.15, 0.2) is 89.7 Å². The van der Waals surface area contributed by atoms with E-state index in [1.165, 1.54) is 12.5 Å². The number of nitriles is 1. The van der Waals surface area contributed by atoms with E-state index in [9.17, 15) is 10.1 Å². The maximum atomic E-state index is 13.2. The van der Waals surface area contributed by atoms with E-state index in [1.807, 2.05) is 59.5 Å². The van der Waals surface area contributed by atoms with Gasteiger partial charge in [-0.15, -0.1) is 0 Å². The molecule has 0 bridgehead atoms. The first-order valence-electron chi connectivity index (χ1n) is 12.2. The molecule has 6 heteroatoms. The van der Waals surface area contributed by atoms with E-state index < -0.39 is 0 Å². The van der Waals surface area contributed by atoms with Crippen LogP contribution in [0.5, 0.6) is 0 Å². The molecule has 1 aliphatic rings. The van der Waals surface area contributed by atoms with Gasteiger partial charge in [0.2, 0.25) is 0 Å². The van der Waals surface area contributed by atoms with Crippen molar-refractivity contribution in [2.75, 3.05) is 24.5 Å². The van der Waals surface area contributed by atoms with Gasteiger partial charge in [0.1, 0.15) is 23.7 Å². The summed E-state index contributed by atoms with van der Waals surface area (Å²) in [5, 5.41) is 10.4. The van der Waals surface area contributed by atoms with Crippen LogP contribution >= 0.6 is 0 Å². The Bertz CT molecular complexity index is 1380. The van der Waals surface area contributed by atoms with E-state index in [2.05, 4.69) is 36.9 Å². The van der Waals surface area contributed by atoms with Gasteiger partial charge >= 0.3 is 0 Å². The number of nitrogens with zero attached hydrogens (tertiary/aromatic N) is 4. The van der Waals surface area contributed by atoms with Crippen LogP contribution in [0, 0.1) is 11.3 Å². The fraction of sp³-hybridized carbons (Fsp3) is 0.233. The molecule has 0 radical (unpaired) electrons. The first-order chi connectivity index (χ1) is 17.6. The van der Waals surface area contributed by atoms with E-state index in [4.69, 9.17) is 9.40 Å². The normalized spacial score (nSPS) is 15.7. The number of carbonyl (C=O) groups is 1. The molecule has 5 rings (SSSR count). The average Bonchev–Trinajstić information content (AvgIpc) is 3.47. The predicted octanol–water partition coefficient (Wildman–Crippen LogP) is 6.04. The summed E-state index contributed by atoms with van der Waals surface area (Å²) in [6.45, 7) is 5.78. The van der Waals surface area contributed by atoms with Crippen molar-refractivity contribution in [1.82, 2.24) is 9.88 Å². The van der Waals surface area contributed by atoms with E-state index in [0.29, 0.717) is 36.6 Å². The number of carbonyl (C=O) groups excluding carboxylic acids is 1. The molecule has 1 atom stereocenters. The van der Waals surface area contributed by atoms with Crippen LogP contribution in [0.1, 0.15) is 53.0 Å². The van der Waals surface area contributed by atoms with Crippen molar-refractivity contribution < 1.29 is 9.21 Å². The number of anilines is 1. The molecule has 0 saturated carbocycles. The van der Waals surface area contributed by atoms with Gasteiger partial charge in [-0.1, -0.05) is 74.5 Å². The second-order valence-corrected chi connectivity index (χ2v) is 9.31. The molecule has 1 amide bonds. The number of amides is 1. The lowest BCUT2D eigenvalue weighted by Crippen LogP contribution is -2.51. The third-order valence-electron chi connectivity index (χ3n) is 6.70. The molecular weight excluding hydrogens is 448 g/mol. The van der Waals surface area contributed by atoms with Crippen molar-refractivity contribution >= 4 is 11.7 Å². The van der Waals surface area contributed by atoms with Crippen LogP contribution < -0.4 is 4.90 Å². The Labute approximate surface area is 211 Å². The maximum absolute atomic E-state index is 13.2. The molecule has 180 valence electrons. The fourth-order valence-corrected chi connectivity index (χ4v) is 4.76. The SMILES string of the molecule is CC(C)c1cc(-c2ccccc2)c(C#N)c(N2CCN(C(=O)c3ccoc3)CC2c2ccccc2)n1. The van der Waals surface area contributed by atoms with E-state index >= 15 is 0 Å². The first kappa shape index (κ1) is 23.4. The first-order valence-corrected chi connectivity index (χ1v) is 12.2. The summed E-state index contributed by atoms with van der Waals surface area (Å²) >= 11 is 0. The quantitative estimate of drug-likeness (QED) is 0.351. The monoisotopic (exact) mass is 476 g/mol. The molecule has 2 aromatic carbocycles. The van der Waals surface area contributed by atoms with E-state index in [-0.39, 0.29) is 17.9 Å². The molecule has 1 unspecified atom stereocenters.